The highest BCUT2D eigenvalue weighted by molar-refractivity contribution is 9.10. The number of halogens is 1. The number of likely N-dealkylation sites (N-methyl/N-ethyl adjacent to an activating group) is 1. The minimum absolute atomic E-state index is 0.0164. The summed E-state index contributed by atoms with van der Waals surface area (Å²) in [4.78, 5) is 0.178. The summed E-state index contributed by atoms with van der Waals surface area (Å²) in [5, 5.41) is 9.56. The van der Waals surface area contributed by atoms with Crippen LogP contribution in [0.5, 0.6) is 0 Å². The molecule has 0 aliphatic heterocycles. The molecule has 0 bridgehead atoms. The Morgan fingerprint density at radius 3 is 2.61 bits per heavy atom. The van der Waals surface area contributed by atoms with E-state index in [0.717, 1.165) is 4.31 Å². The lowest BCUT2D eigenvalue weighted by Crippen LogP contribution is -2.36. The Bertz CT molecular complexity index is 492. The molecule has 0 saturated heterocycles. The van der Waals surface area contributed by atoms with Gasteiger partial charge in [-0.15, -0.1) is 0 Å². The van der Waals surface area contributed by atoms with E-state index < -0.39 is 16.1 Å². The van der Waals surface area contributed by atoms with Crippen LogP contribution in [0.3, 0.4) is 0 Å². The average Bonchev–Trinajstić information content (AvgIpc) is 2.29. The third-order valence-electron chi connectivity index (χ3n) is 2.35. The van der Waals surface area contributed by atoms with Crippen molar-refractivity contribution in [2.45, 2.75) is 11.0 Å². The maximum atomic E-state index is 12.2. The molecule has 18 heavy (non-hydrogen) atoms. The second-order valence-electron chi connectivity index (χ2n) is 3.83. The predicted octanol–water partition coefficient (Wildman–Crippen LogP) is 1.08. The normalized spacial score (nSPS) is 13.8. The van der Waals surface area contributed by atoms with Gasteiger partial charge in [0, 0.05) is 25.2 Å². The first-order valence-corrected chi connectivity index (χ1v) is 7.50. The Morgan fingerprint density at radius 2 is 2.06 bits per heavy atom. The summed E-state index contributed by atoms with van der Waals surface area (Å²) in [6, 6.07) is 6.56. The van der Waals surface area contributed by atoms with Crippen LogP contribution in [0.4, 0.5) is 0 Å². The van der Waals surface area contributed by atoms with Crippen molar-refractivity contribution < 1.29 is 18.3 Å². The van der Waals surface area contributed by atoms with Gasteiger partial charge in [0.15, 0.2) is 0 Å². The number of benzene rings is 1. The van der Waals surface area contributed by atoms with Gasteiger partial charge in [-0.2, -0.15) is 4.31 Å². The van der Waals surface area contributed by atoms with E-state index in [4.69, 9.17) is 4.74 Å². The maximum Gasteiger partial charge on any atom is 0.244 e. The van der Waals surface area contributed by atoms with Gasteiger partial charge in [-0.05, 0) is 28.1 Å². The van der Waals surface area contributed by atoms with Gasteiger partial charge >= 0.3 is 0 Å². The Labute approximate surface area is 116 Å². The lowest BCUT2D eigenvalue weighted by atomic mass is 10.4. The van der Waals surface area contributed by atoms with Crippen LogP contribution in [0, 0.1) is 0 Å². The molecule has 0 aromatic heterocycles. The molecule has 1 atom stereocenters. The van der Waals surface area contributed by atoms with Crippen LogP contribution in [0.25, 0.3) is 0 Å². The van der Waals surface area contributed by atoms with Crippen LogP contribution in [0.15, 0.2) is 33.6 Å². The Kier molecular flexibility index (Phi) is 5.74. The number of aliphatic hydroxyl groups is 1. The van der Waals surface area contributed by atoms with Crippen LogP contribution in [0.2, 0.25) is 0 Å². The number of nitrogens with zero attached hydrogens (tertiary/aromatic N) is 1. The van der Waals surface area contributed by atoms with Crippen molar-refractivity contribution in [3.05, 3.63) is 28.7 Å². The number of ether oxygens (including phenoxy) is 1. The number of hydrogen-bond donors (Lipinski definition) is 1. The molecule has 0 aliphatic rings. The highest BCUT2D eigenvalue weighted by atomic mass is 79.9. The molecule has 1 aromatic rings. The average molecular weight is 338 g/mol. The first-order valence-electron chi connectivity index (χ1n) is 5.27. The van der Waals surface area contributed by atoms with Crippen LogP contribution in [0.1, 0.15) is 0 Å². The van der Waals surface area contributed by atoms with Gasteiger partial charge in [0.2, 0.25) is 10.0 Å². The lowest BCUT2D eigenvalue weighted by Gasteiger charge is -2.20. The first-order chi connectivity index (χ1) is 8.39. The van der Waals surface area contributed by atoms with Crippen LogP contribution >= 0.6 is 15.9 Å². The van der Waals surface area contributed by atoms with Crippen molar-refractivity contribution in [1.82, 2.24) is 4.31 Å². The molecule has 102 valence electrons. The van der Waals surface area contributed by atoms with E-state index in [1.54, 1.807) is 18.2 Å². The minimum Gasteiger partial charge on any atom is -0.389 e. The van der Waals surface area contributed by atoms with E-state index in [2.05, 4.69) is 15.9 Å². The van der Waals surface area contributed by atoms with Crippen molar-refractivity contribution >= 4 is 26.0 Å². The van der Waals surface area contributed by atoms with Gasteiger partial charge in [-0.1, -0.05) is 12.1 Å². The van der Waals surface area contributed by atoms with E-state index in [9.17, 15) is 13.5 Å². The first kappa shape index (κ1) is 15.6. The third kappa shape index (κ3) is 3.76. The topological polar surface area (TPSA) is 66.8 Å². The quantitative estimate of drug-likeness (QED) is 0.843. The van der Waals surface area contributed by atoms with Gasteiger partial charge in [-0.25, -0.2) is 8.42 Å². The number of methoxy groups -OCH3 is 1. The molecule has 0 amide bonds. The largest absolute Gasteiger partial charge is 0.389 e. The highest BCUT2D eigenvalue weighted by Gasteiger charge is 2.24. The van der Waals surface area contributed by atoms with E-state index in [0.29, 0.717) is 4.47 Å². The maximum absolute atomic E-state index is 12.2. The van der Waals surface area contributed by atoms with Crippen molar-refractivity contribution in [1.29, 1.82) is 0 Å². The Balaban J connectivity index is 2.90. The zero-order chi connectivity index (χ0) is 13.8. The fraction of sp³-hybridized carbons (Fsp3) is 0.455. The molecular weight excluding hydrogens is 322 g/mol. The number of aliphatic hydroxyl groups excluding tert-OH is 1. The summed E-state index contributed by atoms with van der Waals surface area (Å²) in [7, 11) is -0.738. The monoisotopic (exact) mass is 337 g/mol. The van der Waals surface area contributed by atoms with Crippen molar-refractivity contribution in [3.63, 3.8) is 0 Å². The number of hydrogen-bond acceptors (Lipinski definition) is 4. The second kappa shape index (κ2) is 6.63. The lowest BCUT2D eigenvalue weighted by molar-refractivity contribution is 0.0554. The highest BCUT2D eigenvalue weighted by Crippen LogP contribution is 2.23. The fourth-order valence-electron chi connectivity index (χ4n) is 1.46. The van der Waals surface area contributed by atoms with Crippen molar-refractivity contribution in [2.24, 2.45) is 0 Å². The SMILES string of the molecule is COCC(O)CN(C)S(=O)(=O)c1ccccc1Br. The van der Waals surface area contributed by atoms with E-state index in [1.807, 2.05) is 0 Å². The molecule has 0 fully saturated rings. The zero-order valence-corrected chi connectivity index (χ0v) is 12.6. The minimum atomic E-state index is -3.61. The smallest absolute Gasteiger partial charge is 0.244 e. The van der Waals surface area contributed by atoms with Crippen LogP contribution in [-0.4, -0.2) is 51.2 Å². The van der Waals surface area contributed by atoms with Crippen molar-refractivity contribution in [2.75, 3.05) is 27.3 Å². The molecule has 0 aliphatic carbocycles. The molecule has 0 spiro atoms. The molecule has 7 heteroatoms. The van der Waals surface area contributed by atoms with Gasteiger partial charge in [0.05, 0.1) is 17.6 Å². The standard InChI is InChI=1S/C11H16BrNO4S/c1-13(7-9(14)8-17-2)18(15,16)11-6-4-3-5-10(11)12/h3-6,9,14H,7-8H2,1-2H3. The molecule has 1 unspecified atom stereocenters. The Morgan fingerprint density at radius 1 is 1.44 bits per heavy atom. The van der Waals surface area contributed by atoms with Gasteiger partial charge in [-0.3, -0.25) is 0 Å². The summed E-state index contributed by atoms with van der Waals surface area (Å²) < 4.78 is 30.8. The van der Waals surface area contributed by atoms with E-state index >= 15 is 0 Å². The van der Waals surface area contributed by atoms with E-state index in [-0.39, 0.29) is 18.0 Å². The molecule has 0 radical (unpaired) electrons. The fourth-order valence-corrected chi connectivity index (χ4v) is 3.63. The summed E-state index contributed by atoms with van der Waals surface area (Å²) in [5.74, 6) is 0. The molecule has 5 nitrogen and oxygen atoms in total. The molecule has 0 saturated carbocycles. The molecule has 1 rings (SSSR count). The van der Waals surface area contributed by atoms with E-state index in [1.165, 1.54) is 20.2 Å². The molecular formula is C11H16BrNO4S. The van der Waals surface area contributed by atoms with Gasteiger partial charge in [0.1, 0.15) is 0 Å². The number of rotatable bonds is 6. The summed E-state index contributed by atoms with van der Waals surface area (Å²) in [5.41, 5.74) is 0. The zero-order valence-electron chi connectivity index (χ0n) is 10.2. The second-order valence-corrected chi connectivity index (χ2v) is 6.69. The van der Waals surface area contributed by atoms with Gasteiger partial charge < -0.3 is 9.84 Å². The molecule has 1 aromatic carbocycles. The molecule has 1 N–H and O–H groups in total. The third-order valence-corrected chi connectivity index (χ3v) is 5.19. The summed E-state index contributed by atoms with van der Waals surface area (Å²) >= 11 is 3.20. The summed E-state index contributed by atoms with van der Waals surface area (Å²) in [6.45, 7) is 0.0767. The predicted molar refractivity (Wildman–Crippen MR) is 71.8 cm³/mol. The number of sulfonamides is 1. The van der Waals surface area contributed by atoms with Crippen LogP contribution in [-0.2, 0) is 14.8 Å². The van der Waals surface area contributed by atoms with Crippen LogP contribution < -0.4 is 0 Å². The van der Waals surface area contributed by atoms with Crippen molar-refractivity contribution in [3.8, 4) is 0 Å². The Hall–Kier alpha value is -0.470. The molecule has 0 heterocycles. The van der Waals surface area contributed by atoms with Gasteiger partial charge in [0.25, 0.3) is 0 Å². The summed E-state index contributed by atoms with van der Waals surface area (Å²) in [6.07, 6.45) is -0.850.